The number of aromatic hydroxyl groups is 1. The molecule has 1 aromatic heterocycles. The van der Waals surface area contributed by atoms with E-state index in [1.54, 1.807) is 14.2 Å². The fourth-order valence-corrected chi connectivity index (χ4v) is 3.15. The van der Waals surface area contributed by atoms with Gasteiger partial charge >= 0.3 is 0 Å². The first-order chi connectivity index (χ1) is 11.7. The summed E-state index contributed by atoms with van der Waals surface area (Å²) in [5.41, 5.74) is 2.11. The van der Waals surface area contributed by atoms with Crippen LogP contribution >= 0.6 is 0 Å². The summed E-state index contributed by atoms with van der Waals surface area (Å²) < 4.78 is 10.6. The monoisotopic (exact) mass is 319 g/mol. The molecule has 0 radical (unpaired) electrons. The number of ether oxygens (including phenoxy) is 2. The molecule has 0 amide bonds. The van der Waals surface area contributed by atoms with E-state index in [0.29, 0.717) is 0 Å². The minimum Gasteiger partial charge on any atom is -0.497 e. The van der Waals surface area contributed by atoms with E-state index in [0.717, 1.165) is 44.2 Å². The van der Waals surface area contributed by atoms with Gasteiger partial charge in [0.05, 0.1) is 14.2 Å². The van der Waals surface area contributed by atoms with Crippen LogP contribution in [0.1, 0.15) is 0 Å². The SMILES string of the molecule is COc1ccc(-c2c3cc(OC)ccc3cc3c(O)[nH]cc23)cc1. The summed E-state index contributed by atoms with van der Waals surface area (Å²) in [5, 5.41) is 14.0. The van der Waals surface area contributed by atoms with Crippen LogP contribution in [0.25, 0.3) is 32.7 Å². The van der Waals surface area contributed by atoms with Crippen molar-refractivity contribution < 1.29 is 14.6 Å². The van der Waals surface area contributed by atoms with E-state index in [1.807, 2.05) is 54.7 Å². The average molecular weight is 319 g/mol. The van der Waals surface area contributed by atoms with Gasteiger partial charge in [0.2, 0.25) is 0 Å². The molecular formula is C20H17NO3. The van der Waals surface area contributed by atoms with Crippen LogP contribution in [0.2, 0.25) is 0 Å². The van der Waals surface area contributed by atoms with E-state index in [1.165, 1.54) is 0 Å². The van der Waals surface area contributed by atoms with E-state index in [9.17, 15) is 5.11 Å². The van der Waals surface area contributed by atoms with Crippen molar-refractivity contribution in [1.82, 2.24) is 4.98 Å². The van der Waals surface area contributed by atoms with Gasteiger partial charge in [-0.3, -0.25) is 0 Å². The molecule has 0 atom stereocenters. The fourth-order valence-electron chi connectivity index (χ4n) is 3.15. The Balaban J connectivity index is 2.10. The Bertz CT molecular complexity index is 1030. The highest BCUT2D eigenvalue weighted by molar-refractivity contribution is 6.14. The molecule has 4 heteroatoms. The second-order valence-corrected chi connectivity index (χ2v) is 5.67. The van der Waals surface area contributed by atoms with Crippen molar-refractivity contribution in [1.29, 1.82) is 0 Å². The summed E-state index contributed by atoms with van der Waals surface area (Å²) in [4.78, 5) is 2.91. The number of fused-ring (bicyclic) bond motifs is 2. The molecule has 4 rings (SSSR count). The summed E-state index contributed by atoms with van der Waals surface area (Å²) in [5.74, 6) is 1.79. The van der Waals surface area contributed by atoms with Crippen LogP contribution in [0.4, 0.5) is 0 Å². The number of benzene rings is 3. The zero-order valence-electron chi connectivity index (χ0n) is 13.5. The van der Waals surface area contributed by atoms with Gasteiger partial charge in [-0.05, 0) is 52.2 Å². The Morgan fingerprint density at radius 2 is 1.50 bits per heavy atom. The van der Waals surface area contributed by atoms with E-state index in [4.69, 9.17) is 9.47 Å². The summed E-state index contributed by atoms with van der Waals surface area (Å²) in [6, 6.07) is 15.9. The second-order valence-electron chi connectivity index (χ2n) is 5.67. The van der Waals surface area contributed by atoms with Crippen molar-refractivity contribution in [2.75, 3.05) is 14.2 Å². The number of nitrogens with one attached hydrogen (secondary N) is 1. The number of hydrogen-bond donors (Lipinski definition) is 2. The second kappa shape index (κ2) is 5.49. The molecule has 4 aromatic rings. The Kier molecular flexibility index (Phi) is 3.31. The summed E-state index contributed by atoms with van der Waals surface area (Å²) >= 11 is 0. The maximum Gasteiger partial charge on any atom is 0.196 e. The van der Waals surface area contributed by atoms with Crippen LogP contribution in [-0.2, 0) is 0 Å². The Labute approximate surface area is 139 Å². The van der Waals surface area contributed by atoms with Crippen LogP contribution < -0.4 is 9.47 Å². The lowest BCUT2D eigenvalue weighted by Crippen LogP contribution is -1.87. The van der Waals surface area contributed by atoms with Gasteiger partial charge in [-0.1, -0.05) is 18.2 Å². The van der Waals surface area contributed by atoms with Crippen LogP contribution in [0, 0.1) is 0 Å². The Morgan fingerprint density at radius 1 is 0.792 bits per heavy atom. The lowest BCUT2D eigenvalue weighted by molar-refractivity contribution is 0.415. The van der Waals surface area contributed by atoms with Gasteiger partial charge in [-0.15, -0.1) is 0 Å². The number of H-pyrrole nitrogens is 1. The first-order valence-electron chi connectivity index (χ1n) is 7.66. The van der Waals surface area contributed by atoms with Crippen molar-refractivity contribution in [3.05, 3.63) is 54.7 Å². The van der Waals surface area contributed by atoms with Gasteiger partial charge in [-0.25, -0.2) is 0 Å². The first kappa shape index (κ1) is 14.5. The standard InChI is InChI=1S/C20H17NO3/c1-23-14-6-3-12(4-7-14)19-16-10-15(24-2)8-5-13(16)9-17-18(19)11-21-20(17)22/h3-11,21-22H,1-2H3. The van der Waals surface area contributed by atoms with Crippen LogP contribution in [-0.4, -0.2) is 24.3 Å². The highest BCUT2D eigenvalue weighted by Gasteiger charge is 2.14. The molecule has 0 saturated carbocycles. The van der Waals surface area contributed by atoms with E-state index >= 15 is 0 Å². The molecule has 0 unspecified atom stereocenters. The smallest absolute Gasteiger partial charge is 0.196 e. The molecule has 0 fully saturated rings. The van der Waals surface area contributed by atoms with E-state index in [-0.39, 0.29) is 5.88 Å². The van der Waals surface area contributed by atoms with Gasteiger partial charge in [0.1, 0.15) is 11.5 Å². The quantitative estimate of drug-likeness (QED) is 0.575. The van der Waals surface area contributed by atoms with Crippen molar-refractivity contribution in [3.63, 3.8) is 0 Å². The van der Waals surface area contributed by atoms with Crippen LogP contribution in [0.15, 0.2) is 54.7 Å². The number of rotatable bonds is 3. The zero-order chi connectivity index (χ0) is 16.7. The third-order valence-corrected chi connectivity index (χ3v) is 4.38. The lowest BCUT2D eigenvalue weighted by atomic mass is 9.94. The maximum absolute atomic E-state index is 10.1. The molecule has 120 valence electrons. The number of hydrogen-bond acceptors (Lipinski definition) is 3. The van der Waals surface area contributed by atoms with E-state index in [2.05, 4.69) is 4.98 Å². The molecule has 0 aliphatic carbocycles. The van der Waals surface area contributed by atoms with Crippen molar-refractivity contribution in [2.24, 2.45) is 0 Å². The molecule has 4 nitrogen and oxygen atoms in total. The molecule has 0 aliphatic heterocycles. The third-order valence-electron chi connectivity index (χ3n) is 4.38. The molecule has 24 heavy (non-hydrogen) atoms. The first-order valence-corrected chi connectivity index (χ1v) is 7.66. The number of methoxy groups -OCH3 is 2. The maximum atomic E-state index is 10.1. The van der Waals surface area contributed by atoms with E-state index < -0.39 is 0 Å². The Hall–Kier alpha value is -3.14. The molecule has 3 aromatic carbocycles. The highest BCUT2D eigenvalue weighted by atomic mass is 16.5. The number of aromatic nitrogens is 1. The van der Waals surface area contributed by atoms with Gasteiger partial charge in [0, 0.05) is 17.0 Å². The predicted octanol–water partition coefficient (Wildman–Crippen LogP) is 4.71. The largest absolute Gasteiger partial charge is 0.497 e. The van der Waals surface area contributed by atoms with Gasteiger partial charge in [0.15, 0.2) is 5.88 Å². The molecule has 1 heterocycles. The van der Waals surface area contributed by atoms with Crippen LogP contribution in [0.5, 0.6) is 17.4 Å². The van der Waals surface area contributed by atoms with Gasteiger partial charge < -0.3 is 19.6 Å². The molecule has 2 N–H and O–H groups in total. The minimum absolute atomic E-state index is 0.178. The molecule has 0 bridgehead atoms. The molecule has 0 spiro atoms. The van der Waals surface area contributed by atoms with Crippen molar-refractivity contribution in [2.45, 2.75) is 0 Å². The number of aromatic amines is 1. The van der Waals surface area contributed by atoms with Crippen LogP contribution in [0.3, 0.4) is 0 Å². The fraction of sp³-hybridized carbons (Fsp3) is 0.100. The topological polar surface area (TPSA) is 54.5 Å². The zero-order valence-corrected chi connectivity index (χ0v) is 13.5. The summed E-state index contributed by atoms with van der Waals surface area (Å²) in [7, 11) is 3.31. The third kappa shape index (κ3) is 2.15. The lowest BCUT2D eigenvalue weighted by Gasteiger charge is -2.11. The molecule has 0 saturated heterocycles. The summed E-state index contributed by atoms with van der Waals surface area (Å²) in [6.07, 6.45) is 1.84. The average Bonchev–Trinajstić information content (AvgIpc) is 3.00. The molecule has 0 aliphatic rings. The summed E-state index contributed by atoms with van der Waals surface area (Å²) in [6.45, 7) is 0. The van der Waals surface area contributed by atoms with Gasteiger partial charge in [-0.2, -0.15) is 0 Å². The van der Waals surface area contributed by atoms with Crippen molar-refractivity contribution in [3.8, 4) is 28.5 Å². The highest BCUT2D eigenvalue weighted by Crippen LogP contribution is 2.40. The normalized spacial score (nSPS) is 11.1. The minimum atomic E-state index is 0.178. The predicted molar refractivity (Wildman–Crippen MR) is 96.0 cm³/mol. The molecular weight excluding hydrogens is 302 g/mol. The Morgan fingerprint density at radius 3 is 2.21 bits per heavy atom. The van der Waals surface area contributed by atoms with Gasteiger partial charge in [0.25, 0.3) is 0 Å². The van der Waals surface area contributed by atoms with Crippen molar-refractivity contribution >= 4 is 21.5 Å².